The van der Waals surface area contributed by atoms with Gasteiger partial charge < -0.3 is 10.1 Å². The molecule has 0 bridgehead atoms. The number of rotatable bonds is 5. The van der Waals surface area contributed by atoms with Gasteiger partial charge in [-0.2, -0.15) is 5.10 Å². The Hall–Kier alpha value is -1.65. The van der Waals surface area contributed by atoms with Crippen LogP contribution < -0.4 is 5.32 Å². The molecule has 112 valence electrons. The Kier molecular flexibility index (Phi) is 4.36. The van der Waals surface area contributed by atoms with Gasteiger partial charge in [-0.15, -0.1) is 0 Å². The van der Waals surface area contributed by atoms with Crippen LogP contribution in [0.3, 0.4) is 0 Å². The summed E-state index contributed by atoms with van der Waals surface area (Å²) >= 11 is 0. The average molecular weight is 285 g/mol. The van der Waals surface area contributed by atoms with Crippen LogP contribution in [0.25, 0.3) is 5.69 Å². The fourth-order valence-corrected chi connectivity index (χ4v) is 3.14. The second-order valence-corrected chi connectivity index (χ2v) is 5.62. The Bertz CT molecular complexity index is 566. The van der Waals surface area contributed by atoms with E-state index in [-0.39, 0.29) is 0 Å². The topological polar surface area (TPSA) is 39.1 Å². The van der Waals surface area contributed by atoms with Gasteiger partial charge in [0.15, 0.2) is 0 Å². The summed E-state index contributed by atoms with van der Waals surface area (Å²) in [5.74, 6) is 0.512. The van der Waals surface area contributed by atoms with E-state index in [1.54, 1.807) is 0 Å². The van der Waals surface area contributed by atoms with Gasteiger partial charge in [0.25, 0.3) is 0 Å². The molecule has 2 heterocycles. The summed E-state index contributed by atoms with van der Waals surface area (Å²) in [4.78, 5) is 0. The third-order valence-corrected chi connectivity index (χ3v) is 4.27. The lowest BCUT2D eigenvalue weighted by atomic mass is 9.90. The summed E-state index contributed by atoms with van der Waals surface area (Å²) in [7, 11) is 0. The molecule has 1 aromatic carbocycles. The molecule has 4 nitrogen and oxygen atoms in total. The number of ether oxygens (including phenoxy) is 1. The first-order chi connectivity index (χ1) is 10.3. The third kappa shape index (κ3) is 3.01. The van der Waals surface area contributed by atoms with E-state index >= 15 is 0 Å². The zero-order chi connectivity index (χ0) is 14.7. The smallest absolute Gasteiger partial charge is 0.0645 e. The molecule has 21 heavy (non-hydrogen) atoms. The van der Waals surface area contributed by atoms with Gasteiger partial charge in [-0.3, -0.25) is 0 Å². The molecule has 1 aromatic heterocycles. The quantitative estimate of drug-likeness (QED) is 0.918. The molecule has 2 aromatic rings. The van der Waals surface area contributed by atoms with Crippen molar-refractivity contribution in [2.75, 3.05) is 13.2 Å². The molecule has 0 spiro atoms. The molecule has 1 N–H and O–H groups in total. The summed E-state index contributed by atoms with van der Waals surface area (Å²) < 4.78 is 7.68. The van der Waals surface area contributed by atoms with Crippen LogP contribution in [0.5, 0.6) is 0 Å². The molecule has 1 aliphatic rings. The highest BCUT2D eigenvalue weighted by Gasteiger charge is 2.33. The molecule has 0 saturated carbocycles. The van der Waals surface area contributed by atoms with Crippen LogP contribution in [-0.4, -0.2) is 29.0 Å². The normalized spacial score (nSPS) is 23.3. The molecular formula is C17H23N3O. The Morgan fingerprint density at radius 2 is 2.19 bits per heavy atom. The second-order valence-electron chi connectivity index (χ2n) is 5.62. The van der Waals surface area contributed by atoms with Gasteiger partial charge >= 0.3 is 0 Å². The van der Waals surface area contributed by atoms with Gasteiger partial charge in [0.05, 0.1) is 18.0 Å². The highest BCUT2D eigenvalue weighted by molar-refractivity contribution is 5.31. The average Bonchev–Trinajstić information content (AvgIpc) is 3.15. The third-order valence-electron chi connectivity index (χ3n) is 4.27. The minimum absolute atomic E-state index is 0.300. The molecule has 0 aliphatic carbocycles. The van der Waals surface area contributed by atoms with E-state index < -0.39 is 0 Å². The van der Waals surface area contributed by atoms with E-state index in [0.717, 1.165) is 25.3 Å². The Morgan fingerprint density at radius 1 is 1.38 bits per heavy atom. The number of hydrogen-bond donors (Lipinski definition) is 1. The van der Waals surface area contributed by atoms with Crippen molar-refractivity contribution < 1.29 is 4.74 Å². The second kappa shape index (κ2) is 6.41. The maximum atomic E-state index is 5.74. The molecule has 1 fully saturated rings. The Balaban J connectivity index is 1.85. The van der Waals surface area contributed by atoms with Crippen LogP contribution in [0.2, 0.25) is 0 Å². The van der Waals surface area contributed by atoms with Crippen molar-refractivity contribution in [3.05, 3.63) is 48.3 Å². The van der Waals surface area contributed by atoms with Crippen LogP contribution in [0.1, 0.15) is 31.9 Å². The van der Waals surface area contributed by atoms with Crippen molar-refractivity contribution in [2.24, 2.45) is 5.92 Å². The molecule has 0 radical (unpaired) electrons. The molecule has 3 unspecified atom stereocenters. The number of nitrogens with zero attached hydrogens (tertiary/aromatic N) is 2. The zero-order valence-electron chi connectivity index (χ0n) is 12.7. The number of para-hydroxylation sites is 1. The van der Waals surface area contributed by atoms with E-state index in [9.17, 15) is 0 Å². The predicted molar refractivity (Wildman–Crippen MR) is 83.5 cm³/mol. The maximum absolute atomic E-state index is 5.74. The van der Waals surface area contributed by atoms with Crippen molar-refractivity contribution in [1.29, 1.82) is 0 Å². The fourth-order valence-electron chi connectivity index (χ4n) is 3.14. The first-order valence-corrected chi connectivity index (χ1v) is 7.74. The minimum atomic E-state index is 0.300. The molecule has 0 amide bonds. The van der Waals surface area contributed by atoms with Crippen LogP contribution in [-0.2, 0) is 4.74 Å². The first kappa shape index (κ1) is 14.3. The summed E-state index contributed by atoms with van der Waals surface area (Å²) in [6.07, 6.45) is 5.52. The summed E-state index contributed by atoms with van der Waals surface area (Å²) in [6.45, 7) is 6.13. The predicted octanol–water partition coefficient (Wildman–Crippen LogP) is 2.95. The minimum Gasteiger partial charge on any atom is -0.378 e. The van der Waals surface area contributed by atoms with Gasteiger partial charge in [-0.1, -0.05) is 25.1 Å². The molecule has 4 heteroatoms. The highest BCUT2D eigenvalue weighted by atomic mass is 16.5. The summed E-state index contributed by atoms with van der Waals surface area (Å²) in [5, 5.41) is 8.12. The van der Waals surface area contributed by atoms with E-state index in [2.05, 4.69) is 42.6 Å². The van der Waals surface area contributed by atoms with Crippen LogP contribution in [0.15, 0.2) is 42.7 Å². The van der Waals surface area contributed by atoms with Gasteiger partial charge in [0, 0.05) is 30.3 Å². The number of aromatic nitrogens is 2. The Morgan fingerprint density at radius 3 is 2.86 bits per heavy atom. The van der Waals surface area contributed by atoms with E-state index in [4.69, 9.17) is 4.74 Å². The van der Waals surface area contributed by atoms with Crippen molar-refractivity contribution in [3.8, 4) is 5.69 Å². The molecule has 3 rings (SSSR count). The van der Waals surface area contributed by atoms with Crippen LogP contribution >= 0.6 is 0 Å². The lowest BCUT2D eigenvalue weighted by molar-refractivity contribution is 0.0956. The van der Waals surface area contributed by atoms with Gasteiger partial charge in [0.1, 0.15) is 0 Å². The largest absolute Gasteiger partial charge is 0.378 e. The van der Waals surface area contributed by atoms with E-state index in [1.165, 1.54) is 5.56 Å². The fraction of sp³-hybridized carbons (Fsp3) is 0.471. The van der Waals surface area contributed by atoms with Crippen molar-refractivity contribution in [1.82, 2.24) is 15.1 Å². The Labute approximate surface area is 126 Å². The van der Waals surface area contributed by atoms with Gasteiger partial charge in [-0.25, -0.2) is 4.68 Å². The standard InChI is InChI=1S/C17H23N3O/c1-3-18-17(16-9-10-21-13(16)2)14-11-19-20(12-14)15-7-5-4-6-8-15/h4-8,11-13,16-18H,3,9-10H2,1-2H3. The number of nitrogens with one attached hydrogen (secondary N) is 1. The van der Waals surface area contributed by atoms with Crippen LogP contribution in [0, 0.1) is 5.92 Å². The first-order valence-electron chi connectivity index (χ1n) is 7.74. The lowest BCUT2D eigenvalue weighted by Gasteiger charge is -2.25. The van der Waals surface area contributed by atoms with Crippen molar-refractivity contribution in [3.63, 3.8) is 0 Å². The SMILES string of the molecule is CCNC(c1cnn(-c2ccccc2)c1)C1CCOC1C. The maximum Gasteiger partial charge on any atom is 0.0645 e. The number of benzene rings is 1. The van der Waals surface area contributed by atoms with Crippen molar-refractivity contribution >= 4 is 0 Å². The van der Waals surface area contributed by atoms with Gasteiger partial charge in [0.2, 0.25) is 0 Å². The molecular weight excluding hydrogens is 262 g/mol. The zero-order valence-corrected chi connectivity index (χ0v) is 12.7. The molecule has 3 atom stereocenters. The van der Waals surface area contributed by atoms with E-state index in [0.29, 0.717) is 18.1 Å². The molecule has 1 aliphatic heterocycles. The van der Waals surface area contributed by atoms with Crippen LogP contribution in [0.4, 0.5) is 0 Å². The highest BCUT2D eigenvalue weighted by Crippen LogP contribution is 2.33. The molecule has 1 saturated heterocycles. The monoisotopic (exact) mass is 285 g/mol. The summed E-state index contributed by atoms with van der Waals surface area (Å²) in [5.41, 5.74) is 2.33. The van der Waals surface area contributed by atoms with Crippen molar-refractivity contribution in [2.45, 2.75) is 32.4 Å². The van der Waals surface area contributed by atoms with Gasteiger partial charge in [-0.05, 0) is 32.0 Å². The number of hydrogen-bond acceptors (Lipinski definition) is 3. The summed E-state index contributed by atoms with van der Waals surface area (Å²) in [6, 6.07) is 10.5. The van der Waals surface area contributed by atoms with E-state index in [1.807, 2.05) is 29.1 Å². The lowest BCUT2D eigenvalue weighted by Crippen LogP contribution is -2.31.